The molecule has 118 valence electrons. The Kier molecular flexibility index (Phi) is 5.52. The van der Waals surface area contributed by atoms with Crippen molar-refractivity contribution in [3.63, 3.8) is 0 Å². The van der Waals surface area contributed by atoms with Crippen LogP contribution in [0.2, 0.25) is 5.02 Å². The smallest absolute Gasteiger partial charge is 0.153 e. The second kappa shape index (κ2) is 6.99. The fourth-order valence-corrected chi connectivity index (χ4v) is 4.05. The van der Waals surface area contributed by atoms with Crippen molar-refractivity contribution in [2.45, 2.75) is 26.3 Å². The van der Waals surface area contributed by atoms with Crippen LogP contribution in [0.4, 0.5) is 5.69 Å². The lowest BCUT2D eigenvalue weighted by molar-refractivity contribution is 0.571. The Bertz CT molecular complexity index is 575. The number of sulfone groups is 1. The monoisotopic (exact) mass is 330 g/mol. The summed E-state index contributed by atoms with van der Waals surface area (Å²) < 4.78 is 23.0. The van der Waals surface area contributed by atoms with E-state index in [1.807, 2.05) is 18.2 Å². The standard InChI is InChI=1S/C15H23ClN2O2S/c1-3-6-17-12(2)14-5-4-13(11-15(14)16)18-7-9-21(19,20)10-8-18/h4-5,11-12,17H,3,6-10H2,1-2H3. The highest BCUT2D eigenvalue weighted by Gasteiger charge is 2.22. The molecule has 1 atom stereocenters. The molecule has 1 aliphatic heterocycles. The minimum absolute atomic E-state index is 0.216. The molecule has 1 fully saturated rings. The SMILES string of the molecule is CCCNC(C)c1ccc(N2CCS(=O)(=O)CC2)cc1Cl. The van der Waals surface area contributed by atoms with E-state index in [4.69, 9.17) is 11.6 Å². The van der Waals surface area contributed by atoms with Gasteiger partial charge in [-0.05, 0) is 37.6 Å². The van der Waals surface area contributed by atoms with Gasteiger partial charge in [-0.25, -0.2) is 8.42 Å². The van der Waals surface area contributed by atoms with Gasteiger partial charge in [0.1, 0.15) is 0 Å². The van der Waals surface area contributed by atoms with Gasteiger partial charge in [0.25, 0.3) is 0 Å². The molecule has 1 N–H and O–H groups in total. The zero-order valence-corrected chi connectivity index (χ0v) is 14.2. The molecular formula is C15H23ClN2O2S. The van der Waals surface area contributed by atoms with Crippen LogP contribution in [0.3, 0.4) is 0 Å². The zero-order valence-electron chi connectivity index (χ0n) is 12.6. The predicted octanol–water partition coefficient (Wildman–Crippen LogP) is 2.64. The third-order valence-electron chi connectivity index (χ3n) is 3.86. The van der Waals surface area contributed by atoms with Crippen LogP contribution in [0.15, 0.2) is 18.2 Å². The Hall–Kier alpha value is -0.780. The molecule has 0 bridgehead atoms. The molecule has 4 nitrogen and oxygen atoms in total. The fourth-order valence-electron chi connectivity index (χ4n) is 2.51. The molecule has 0 aliphatic carbocycles. The second-order valence-corrected chi connectivity index (χ2v) is 8.23. The van der Waals surface area contributed by atoms with E-state index in [9.17, 15) is 8.42 Å². The van der Waals surface area contributed by atoms with Crippen molar-refractivity contribution in [1.29, 1.82) is 0 Å². The van der Waals surface area contributed by atoms with Gasteiger partial charge in [-0.1, -0.05) is 24.6 Å². The van der Waals surface area contributed by atoms with Crippen LogP contribution < -0.4 is 10.2 Å². The maximum Gasteiger partial charge on any atom is 0.153 e. The first-order valence-corrected chi connectivity index (χ1v) is 9.61. The van der Waals surface area contributed by atoms with Crippen LogP contribution in [0, 0.1) is 0 Å². The van der Waals surface area contributed by atoms with Crippen molar-refractivity contribution >= 4 is 27.1 Å². The normalized spacial score (nSPS) is 19.5. The predicted molar refractivity (Wildman–Crippen MR) is 89.0 cm³/mol. The van der Waals surface area contributed by atoms with Gasteiger partial charge < -0.3 is 10.2 Å². The van der Waals surface area contributed by atoms with Crippen molar-refractivity contribution < 1.29 is 8.42 Å². The minimum Gasteiger partial charge on any atom is -0.369 e. The minimum atomic E-state index is -2.85. The highest BCUT2D eigenvalue weighted by atomic mass is 35.5. The molecule has 1 heterocycles. The third-order valence-corrected chi connectivity index (χ3v) is 5.80. The van der Waals surface area contributed by atoms with Gasteiger partial charge in [0, 0.05) is 29.8 Å². The van der Waals surface area contributed by atoms with Gasteiger partial charge in [-0.2, -0.15) is 0 Å². The average Bonchev–Trinajstić information content (AvgIpc) is 2.44. The van der Waals surface area contributed by atoms with E-state index in [2.05, 4.69) is 24.1 Å². The molecule has 21 heavy (non-hydrogen) atoms. The van der Waals surface area contributed by atoms with E-state index in [1.165, 1.54) is 0 Å². The van der Waals surface area contributed by atoms with Crippen molar-refractivity contribution in [3.8, 4) is 0 Å². The van der Waals surface area contributed by atoms with Crippen molar-refractivity contribution in [3.05, 3.63) is 28.8 Å². The Balaban J connectivity index is 2.08. The first-order valence-electron chi connectivity index (χ1n) is 7.41. The maximum atomic E-state index is 11.5. The second-order valence-electron chi connectivity index (χ2n) is 5.52. The van der Waals surface area contributed by atoms with Crippen molar-refractivity contribution in [2.75, 3.05) is 36.0 Å². The number of nitrogens with zero attached hydrogens (tertiary/aromatic N) is 1. The first kappa shape index (κ1) is 16.6. The van der Waals surface area contributed by atoms with Crippen molar-refractivity contribution in [2.24, 2.45) is 0 Å². The van der Waals surface area contributed by atoms with Gasteiger partial charge in [-0.3, -0.25) is 0 Å². The number of nitrogens with one attached hydrogen (secondary N) is 1. The van der Waals surface area contributed by atoms with Gasteiger partial charge in [-0.15, -0.1) is 0 Å². The molecule has 2 rings (SSSR count). The van der Waals surface area contributed by atoms with Crippen LogP contribution in [0.25, 0.3) is 0 Å². The van der Waals surface area contributed by atoms with Crippen LogP contribution in [0.5, 0.6) is 0 Å². The molecule has 0 radical (unpaired) electrons. The lowest BCUT2D eigenvalue weighted by Gasteiger charge is -2.29. The summed E-state index contributed by atoms with van der Waals surface area (Å²) in [6, 6.07) is 6.23. The molecule has 1 aromatic rings. The summed E-state index contributed by atoms with van der Waals surface area (Å²) in [5.41, 5.74) is 2.08. The zero-order chi connectivity index (χ0) is 15.5. The summed E-state index contributed by atoms with van der Waals surface area (Å²) in [4.78, 5) is 2.08. The summed E-state index contributed by atoms with van der Waals surface area (Å²) in [7, 11) is -2.85. The van der Waals surface area contributed by atoms with Gasteiger partial charge >= 0.3 is 0 Å². The lowest BCUT2D eigenvalue weighted by atomic mass is 10.1. The summed E-state index contributed by atoms with van der Waals surface area (Å²) in [6.07, 6.45) is 1.09. The van der Waals surface area contributed by atoms with E-state index in [1.54, 1.807) is 0 Å². The van der Waals surface area contributed by atoms with Crippen LogP contribution in [0.1, 0.15) is 31.9 Å². The third kappa shape index (κ3) is 4.34. The molecular weight excluding hydrogens is 308 g/mol. The van der Waals surface area contributed by atoms with E-state index in [0.29, 0.717) is 13.1 Å². The number of anilines is 1. The molecule has 1 saturated heterocycles. The Labute approximate surface area is 132 Å². The highest BCUT2D eigenvalue weighted by molar-refractivity contribution is 7.91. The molecule has 0 spiro atoms. The Morgan fingerprint density at radius 1 is 1.33 bits per heavy atom. The van der Waals surface area contributed by atoms with E-state index in [-0.39, 0.29) is 17.5 Å². The number of hydrogen-bond donors (Lipinski definition) is 1. The fraction of sp³-hybridized carbons (Fsp3) is 0.600. The van der Waals surface area contributed by atoms with Crippen LogP contribution in [-0.2, 0) is 9.84 Å². The van der Waals surface area contributed by atoms with E-state index >= 15 is 0 Å². The molecule has 1 unspecified atom stereocenters. The van der Waals surface area contributed by atoms with Crippen LogP contribution in [-0.4, -0.2) is 39.6 Å². The highest BCUT2D eigenvalue weighted by Crippen LogP contribution is 2.28. The topological polar surface area (TPSA) is 49.4 Å². The molecule has 1 aromatic carbocycles. The number of halogens is 1. The molecule has 6 heteroatoms. The molecule has 0 aromatic heterocycles. The van der Waals surface area contributed by atoms with Gasteiger partial charge in [0.15, 0.2) is 9.84 Å². The average molecular weight is 331 g/mol. The quantitative estimate of drug-likeness (QED) is 0.901. The molecule has 1 aliphatic rings. The van der Waals surface area contributed by atoms with Crippen molar-refractivity contribution in [1.82, 2.24) is 5.32 Å². The summed E-state index contributed by atoms with van der Waals surface area (Å²) in [6.45, 7) is 6.28. The molecule has 0 saturated carbocycles. The number of rotatable bonds is 5. The van der Waals surface area contributed by atoms with Gasteiger partial charge in [0.2, 0.25) is 0 Å². The largest absolute Gasteiger partial charge is 0.369 e. The number of benzene rings is 1. The van der Waals surface area contributed by atoms with Crippen LogP contribution >= 0.6 is 11.6 Å². The lowest BCUT2D eigenvalue weighted by Crippen LogP contribution is -2.40. The first-order chi connectivity index (χ1) is 9.93. The van der Waals surface area contributed by atoms with Gasteiger partial charge in [0.05, 0.1) is 11.5 Å². The van der Waals surface area contributed by atoms with E-state index in [0.717, 1.165) is 29.2 Å². The van der Waals surface area contributed by atoms with E-state index < -0.39 is 9.84 Å². The summed E-state index contributed by atoms with van der Waals surface area (Å²) >= 11 is 6.39. The maximum absolute atomic E-state index is 11.5. The molecule has 0 amide bonds. The Morgan fingerprint density at radius 2 is 2.00 bits per heavy atom. The Morgan fingerprint density at radius 3 is 2.57 bits per heavy atom. The summed E-state index contributed by atoms with van der Waals surface area (Å²) in [5, 5.41) is 4.16. The summed E-state index contributed by atoms with van der Waals surface area (Å²) in [5.74, 6) is 0.446. The number of hydrogen-bond acceptors (Lipinski definition) is 4.